The highest BCUT2D eigenvalue weighted by Crippen LogP contribution is 2.47. The van der Waals surface area contributed by atoms with E-state index >= 15 is 0 Å². The summed E-state index contributed by atoms with van der Waals surface area (Å²) in [5.41, 5.74) is 4.77. The summed E-state index contributed by atoms with van der Waals surface area (Å²) in [6.45, 7) is 2.46. The molecule has 262 valence electrons. The number of aromatic nitrogens is 2. The van der Waals surface area contributed by atoms with Crippen molar-refractivity contribution in [3.05, 3.63) is 109 Å². The number of halogens is 3. The molecule has 0 saturated heterocycles. The summed E-state index contributed by atoms with van der Waals surface area (Å²) in [4.78, 5) is 36.5. The van der Waals surface area contributed by atoms with Gasteiger partial charge < -0.3 is 34.5 Å². The molecule has 0 fully saturated rings. The minimum Gasteiger partial charge on any atom is -0.477 e. The Bertz CT molecular complexity index is 1970. The lowest BCUT2D eigenvalue weighted by Crippen LogP contribution is -2.40. The largest absolute Gasteiger partial charge is 0.477 e. The molecule has 0 saturated carbocycles. The molecule has 0 unspecified atom stereocenters. The van der Waals surface area contributed by atoms with Gasteiger partial charge in [-0.3, -0.25) is 9.20 Å². The van der Waals surface area contributed by atoms with Crippen LogP contribution in [-0.4, -0.2) is 63.9 Å². The average molecular weight is 763 g/mol. The van der Waals surface area contributed by atoms with Gasteiger partial charge in [-0.05, 0) is 41.6 Å². The number of carboxylic acid groups (broad SMARTS) is 2. The van der Waals surface area contributed by atoms with Gasteiger partial charge in [0.15, 0.2) is 23.6 Å². The first-order valence-electron chi connectivity index (χ1n) is 14.9. The number of methoxy groups -OCH3 is 1. The Morgan fingerprint density at radius 2 is 1.68 bits per heavy atom. The lowest BCUT2D eigenvalue weighted by atomic mass is 9.92. The number of hydrogen-bond acceptors (Lipinski definition) is 10. The maximum atomic E-state index is 13.7. The maximum Gasteiger partial charge on any atom is 0.414 e. The van der Waals surface area contributed by atoms with Crippen molar-refractivity contribution >= 4 is 81.1 Å². The zero-order chi connectivity index (χ0) is 35.9. The van der Waals surface area contributed by atoms with E-state index in [0.717, 1.165) is 11.1 Å². The van der Waals surface area contributed by atoms with Crippen molar-refractivity contribution in [3.63, 3.8) is 0 Å². The molecule has 16 heteroatoms. The van der Waals surface area contributed by atoms with Gasteiger partial charge in [-0.2, -0.15) is 0 Å². The standard InChI is InChI=1S/C32H28Cl3N3O5S.C2H2O4/c1-18-31(35)38-12-11-21-28(41-14-13-40-2)30(27(19-7-4-3-5-8-19)43-29(21)32(38)36-18)42-25(39)15-20-16-44-17-24(20)37-26-22(33)9-6-10-23(26)34;3-1(4)2(5)6/h3-12,16-17,27-28,30,37H,13-15H2,1-2H3;(H,3,4)(H,5,6)/t27-,28-,30+;/m1./s1. The number of carbonyl (C=O) groups is 3. The number of nitrogens with one attached hydrogen (secondary N) is 1. The molecule has 0 bridgehead atoms. The number of ether oxygens (including phenoxy) is 4. The smallest absolute Gasteiger partial charge is 0.414 e. The Hall–Kier alpha value is -4.37. The maximum absolute atomic E-state index is 13.7. The van der Waals surface area contributed by atoms with Crippen LogP contribution in [0.1, 0.15) is 34.6 Å². The highest BCUT2D eigenvalue weighted by Gasteiger charge is 2.44. The number of anilines is 2. The van der Waals surface area contributed by atoms with E-state index in [0.29, 0.717) is 55.8 Å². The number of esters is 1. The molecule has 2 aromatic carbocycles. The van der Waals surface area contributed by atoms with Crippen LogP contribution in [0.2, 0.25) is 15.2 Å². The van der Waals surface area contributed by atoms with Crippen molar-refractivity contribution in [2.75, 3.05) is 25.6 Å². The van der Waals surface area contributed by atoms with Crippen molar-refractivity contribution in [3.8, 4) is 5.75 Å². The van der Waals surface area contributed by atoms with Crippen molar-refractivity contribution in [1.82, 2.24) is 9.38 Å². The van der Waals surface area contributed by atoms with E-state index in [-0.39, 0.29) is 13.0 Å². The average Bonchev–Trinajstić information content (AvgIpc) is 3.65. The van der Waals surface area contributed by atoms with Crippen LogP contribution in [-0.2, 0) is 35.0 Å². The molecule has 1 aliphatic rings. The third-order valence-electron chi connectivity index (χ3n) is 7.49. The molecule has 12 nitrogen and oxygen atoms in total. The number of imidazole rings is 1. The summed E-state index contributed by atoms with van der Waals surface area (Å²) >= 11 is 20.7. The van der Waals surface area contributed by atoms with Crippen molar-refractivity contribution in [1.29, 1.82) is 0 Å². The van der Waals surface area contributed by atoms with Gasteiger partial charge in [0.25, 0.3) is 0 Å². The number of carbonyl (C=O) groups excluding carboxylic acids is 1. The Balaban J connectivity index is 0.000000745. The van der Waals surface area contributed by atoms with Crippen LogP contribution in [0.25, 0.3) is 5.65 Å². The molecule has 3 N–H and O–H groups in total. The third-order valence-corrected chi connectivity index (χ3v) is 9.37. The quantitative estimate of drug-likeness (QED) is 0.0733. The monoisotopic (exact) mass is 761 g/mol. The number of rotatable bonds is 10. The molecule has 50 heavy (non-hydrogen) atoms. The first-order valence-corrected chi connectivity index (χ1v) is 17.0. The second-order valence-electron chi connectivity index (χ2n) is 10.8. The van der Waals surface area contributed by atoms with Crippen LogP contribution in [0.5, 0.6) is 5.75 Å². The van der Waals surface area contributed by atoms with Crippen LogP contribution in [0, 0.1) is 6.92 Å². The Morgan fingerprint density at radius 1 is 0.980 bits per heavy atom. The van der Waals surface area contributed by atoms with Gasteiger partial charge in [0.2, 0.25) is 0 Å². The summed E-state index contributed by atoms with van der Waals surface area (Å²) in [6.07, 6.45) is -0.374. The van der Waals surface area contributed by atoms with Gasteiger partial charge in [-0.25, -0.2) is 14.6 Å². The predicted molar refractivity (Wildman–Crippen MR) is 188 cm³/mol. The molecular formula is C34H30Cl3N3O9S. The van der Waals surface area contributed by atoms with E-state index in [1.165, 1.54) is 11.3 Å². The minimum atomic E-state index is -1.82. The van der Waals surface area contributed by atoms with Gasteiger partial charge in [0.05, 0.1) is 46.7 Å². The molecule has 3 atom stereocenters. The number of benzene rings is 2. The van der Waals surface area contributed by atoms with E-state index in [9.17, 15) is 4.79 Å². The van der Waals surface area contributed by atoms with Gasteiger partial charge in [0.1, 0.15) is 11.3 Å². The number of para-hydroxylation sites is 1. The summed E-state index contributed by atoms with van der Waals surface area (Å²) in [7, 11) is 1.60. The third kappa shape index (κ3) is 8.32. The number of aryl methyl sites for hydroxylation is 1. The zero-order valence-electron chi connectivity index (χ0n) is 26.5. The van der Waals surface area contributed by atoms with Crippen LogP contribution in [0.15, 0.2) is 71.6 Å². The second kappa shape index (κ2) is 16.6. The molecule has 6 rings (SSSR count). The van der Waals surface area contributed by atoms with Crippen LogP contribution in [0.3, 0.4) is 0 Å². The molecule has 0 radical (unpaired) electrons. The lowest BCUT2D eigenvalue weighted by Gasteiger charge is -2.39. The van der Waals surface area contributed by atoms with Crippen molar-refractivity contribution < 1.29 is 43.5 Å². The summed E-state index contributed by atoms with van der Waals surface area (Å²) in [5.74, 6) is -3.58. The molecule has 0 aliphatic carbocycles. The molecule has 1 aliphatic heterocycles. The Morgan fingerprint density at radius 3 is 2.34 bits per heavy atom. The van der Waals surface area contributed by atoms with Gasteiger partial charge in [0, 0.05) is 24.3 Å². The van der Waals surface area contributed by atoms with E-state index in [2.05, 4.69) is 10.3 Å². The molecular weight excluding hydrogens is 733 g/mol. The summed E-state index contributed by atoms with van der Waals surface area (Å²) in [6, 6.07) is 16.7. The highest BCUT2D eigenvalue weighted by molar-refractivity contribution is 7.08. The number of thiophene rings is 1. The first-order chi connectivity index (χ1) is 24.0. The Labute approximate surface area is 305 Å². The number of carboxylic acids is 2. The fourth-order valence-corrected chi connectivity index (χ4v) is 6.65. The second-order valence-corrected chi connectivity index (χ2v) is 12.7. The highest BCUT2D eigenvalue weighted by atomic mass is 35.5. The molecule has 5 aromatic rings. The van der Waals surface area contributed by atoms with Crippen molar-refractivity contribution in [2.24, 2.45) is 0 Å². The van der Waals surface area contributed by atoms with E-state index in [4.69, 9.17) is 73.6 Å². The predicted octanol–water partition coefficient (Wildman–Crippen LogP) is 7.56. The van der Waals surface area contributed by atoms with Gasteiger partial charge >= 0.3 is 17.9 Å². The Kier molecular flexibility index (Phi) is 12.2. The summed E-state index contributed by atoms with van der Waals surface area (Å²) in [5, 5.41) is 23.3. The van der Waals surface area contributed by atoms with Crippen molar-refractivity contribution in [2.45, 2.75) is 31.7 Å². The number of hydrogen-bond donors (Lipinski definition) is 3. The van der Waals surface area contributed by atoms with Crippen LogP contribution in [0.4, 0.5) is 11.4 Å². The van der Waals surface area contributed by atoms with Gasteiger partial charge in [-0.15, -0.1) is 11.3 Å². The molecule has 4 heterocycles. The van der Waals surface area contributed by atoms with Crippen LogP contribution < -0.4 is 10.1 Å². The lowest BCUT2D eigenvalue weighted by molar-refractivity contribution is -0.172. The molecule has 0 spiro atoms. The summed E-state index contributed by atoms with van der Waals surface area (Å²) < 4.78 is 26.3. The van der Waals surface area contributed by atoms with E-state index in [1.807, 2.05) is 60.3 Å². The number of aliphatic carboxylic acids is 2. The fraction of sp³-hybridized carbons (Fsp3) is 0.235. The minimum absolute atomic E-state index is 0.00232. The number of nitrogens with zero attached hydrogens (tertiary/aromatic N) is 2. The number of fused-ring (bicyclic) bond motifs is 3. The normalized spacial score (nSPS) is 16.5. The SMILES string of the molecule is COCCO[C@@H]1c2ccn3c(Cl)c(C)nc3c2O[C@H](c2ccccc2)[C@@H]1OC(=O)Cc1cscc1Nc1c(Cl)cccc1Cl.O=C(O)C(=O)O. The topological polar surface area (TPSA) is 158 Å². The molecule has 3 aromatic heterocycles. The van der Waals surface area contributed by atoms with E-state index in [1.54, 1.807) is 29.7 Å². The van der Waals surface area contributed by atoms with Crippen LogP contribution >= 0.6 is 46.1 Å². The zero-order valence-corrected chi connectivity index (χ0v) is 29.6. The van der Waals surface area contributed by atoms with E-state index < -0.39 is 36.2 Å². The number of pyridine rings is 1. The first kappa shape index (κ1) is 36.9. The fourth-order valence-electron chi connectivity index (χ4n) is 5.19. The van der Waals surface area contributed by atoms with Gasteiger partial charge in [-0.1, -0.05) is 71.2 Å². The molecule has 0 amide bonds.